The third kappa shape index (κ3) is 3.14. The van der Waals surface area contributed by atoms with Crippen molar-refractivity contribution < 1.29 is 14.2 Å². The molecule has 0 spiro atoms. The van der Waals surface area contributed by atoms with Gasteiger partial charge in [0.1, 0.15) is 5.82 Å². The molecule has 0 saturated carbocycles. The molecule has 22 heavy (non-hydrogen) atoms. The fourth-order valence-electron chi connectivity index (χ4n) is 3.63. The first-order valence-corrected chi connectivity index (χ1v) is 7.87. The molecule has 4 nitrogen and oxygen atoms in total. The van der Waals surface area contributed by atoms with E-state index in [0.717, 1.165) is 19.4 Å². The van der Waals surface area contributed by atoms with E-state index < -0.39 is 0 Å². The van der Waals surface area contributed by atoms with Gasteiger partial charge in [-0.25, -0.2) is 4.39 Å². The van der Waals surface area contributed by atoms with E-state index in [0.29, 0.717) is 37.3 Å². The number of halogens is 1. The molecule has 2 fully saturated rings. The number of benzene rings is 1. The van der Waals surface area contributed by atoms with Crippen molar-refractivity contribution in [2.75, 3.05) is 19.8 Å². The minimum atomic E-state index is -0.338. The topological polar surface area (TPSA) is 56.5 Å². The largest absolute Gasteiger partial charge is 0.393 e. The number of ether oxygens (including phenoxy) is 1. The minimum absolute atomic E-state index is 0.0958. The van der Waals surface area contributed by atoms with Gasteiger partial charge in [-0.1, -0.05) is 0 Å². The molecule has 5 heteroatoms. The van der Waals surface area contributed by atoms with Gasteiger partial charge in [-0.15, -0.1) is 0 Å². The van der Waals surface area contributed by atoms with Gasteiger partial charge in [0.05, 0.1) is 24.3 Å². The number of hydrogen-bond donors (Lipinski definition) is 1. The molecule has 2 aliphatic heterocycles. The molecule has 0 aromatic heterocycles. The van der Waals surface area contributed by atoms with Crippen LogP contribution < -0.4 is 0 Å². The van der Waals surface area contributed by atoms with Crippen molar-refractivity contribution in [3.63, 3.8) is 0 Å². The summed E-state index contributed by atoms with van der Waals surface area (Å²) >= 11 is 0. The van der Waals surface area contributed by atoms with Crippen molar-refractivity contribution in [2.24, 2.45) is 5.92 Å². The van der Waals surface area contributed by atoms with E-state index in [1.54, 1.807) is 6.07 Å². The monoisotopic (exact) mass is 304 g/mol. The molecular formula is C17H21FN2O2. The Hall–Kier alpha value is -1.48. The molecule has 0 radical (unpaired) electrons. The lowest BCUT2D eigenvalue weighted by Gasteiger charge is -2.37. The molecular weight excluding hydrogens is 283 g/mol. The first kappa shape index (κ1) is 15.4. The number of likely N-dealkylation sites (tertiary alicyclic amines) is 1. The fraction of sp³-hybridized carbons (Fsp3) is 0.588. The molecule has 1 aromatic carbocycles. The minimum Gasteiger partial charge on any atom is -0.393 e. The van der Waals surface area contributed by atoms with E-state index in [4.69, 9.17) is 10.00 Å². The molecule has 0 aliphatic carbocycles. The van der Waals surface area contributed by atoms with Crippen LogP contribution in [0.15, 0.2) is 18.2 Å². The maximum Gasteiger partial charge on any atom is 0.127 e. The average Bonchev–Trinajstić information content (AvgIpc) is 2.98. The number of aliphatic hydroxyl groups excluding tert-OH is 1. The molecule has 3 rings (SSSR count). The maximum atomic E-state index is 14.0. The second-order valence-corrected chi connectivity index (χ2v) is 6.19. The predicted octanol–water partition coefficient (Wildman–Crippen LogP) is 2.06. The summed E-state index contributed by atoms with van der Waals surface area (Å²) in [6, 6.07) is 6.76. The molecule has 0 unspecified atom stereocenters. The van der Waals surface area contributed by atoms with Gasteiger partial charge in [-0.2, -0.15) is 5.26 Å². The Bertz CT molecular complexity index is 572. The van der Waals surface area contributed by atoms with Crippen LogP contribution in [-0.2, 0) is 11.3 Å². The van der Waals surface area contributed by atoms with Gasteiger partial charge in [-0.3, -0.25) is 4.90 Å². The zero-order chi connectivity index (χ0) is 15.5. The third-order valence-corrected chi connectivity index (χ3v) is 4.82. The highest BCUT2D eigenvalue weighted by atomic mass is 19.1. The Labute approximate surface area is 130 Å². The maximum absolute atomic E-state index is 14.0. The zero-order valence-corrected chi connectivity index (χ0v) is 12.5. The molecule has 3 atom stereocenters. The molecule has 2 saturated heterocycles. The van der Waals surface area contributed by atoms with E-state index in [2.05, 4.69) is 11.0 Å². The van der Waals surface area contributed by atoms with Crippen LogP contribution in [0.4, 0.5) is 4.39 Å². The Morgan fingerprint density at radius 3 is 3.05 bits per heavy atom. The third-order valence-electron chi connectivity index (χ3n) is 4.82. The number of nitrogens with zero attached hydrogens (tertiary/aromatic N) is 2. The average molecular weight is 304 g/mol. The van der Waals surface area contributed by atoms with Crippen molar-refractivity contribution >= 4 is 0 Å². The van der Waals surface area contributed by atoms with Crippen LogP contribution in [0.1, 0.15) is 30.4 Å². The molecule has 0 amide bonds. The Morgan fingerprint density at radius 2 is 2.27 bits per heavy atom. The van der Waals surface area contributed by atoms with Crippen LogP contribution in [0.25, 0.3) is 0 Å². The highest BCUT2D eigenvalue weighted by Gasteiger charge is 2.37. The highest BCUT2D eigenvalue weighted by molar-refractivity contribution is 5.33. The van der Waals surface area contributed by atoms with Crippen molar-refractivity contribution in [1.29, 1.82) is 5.26 Å². The van der Waals surface area contributed by atoms with E-state index in [-0.39, 0.29) is 23.9 Å². The Morgan fingerprint density at radius 1 is 1.41 bits per heavy atom. The number of hydrogen-bond acceptors (Lipinski definition) is 4. The summed E-state index contributed by atoms with van der Waals surface area (Å²) in [6.45, 7) is 2.56. The normalized spacial score (nSPS) is 29.4. The first-order chi connectivity index (χ1) is 10.7. The van der Waals surface area contributed by atoms with Gasteiger partial charge < -0.3 is 9.84 Å². The van der Waals surface area contributed by atoms with Gasteiger partial charge in [-0.05, 0) is 44.0 Å². The number of rotatable bonds is 3. The quantitative estimate of drug-likeness (QED) is 0.928. The smallest absolute Gasteiger partial charge is 0.127 e. The van der Waals surface area contributed by atoms with Crippen molar-refractivity contribution in [3.8, 4) is 6.07 Å². The fourth-order valence-corrected chi connectivity index (χ4v) is 3.63. The van der Waals surface area contributed by atoms with Crippen LogP contribution in [0.5, 0.6) is 0 Å². The number of nitriles is 1. The summed E-state index contributed by atoms with van der Waals surface area (Å²) in [4.78, 5) is 2.22. The summed E-state index contributed by atoms with van der Waals surface area (Å²) in [5.74, 6) is -0.177. The summed E-state index contributed by atoms with van der Waals surface area (Å²) in [5.41, 5.74) is 1.03. The molecule has 0 bridgehead atoms. The summed E-state index contributed by atoms with van der Waals surface area (Å²) in [5, 5.41) is 19.2. The van der Waals surface area contributed by atoms with Crippen LogP contribution in [0.2, 0.25) is 0 Å². The van der Waals surface area contributed by atoms with Gasteiger partial charge in [0.15, 0.2) is 0 Å². The van der Waals surface area contributed by atoms with Crippen LogP contribution in [-0.4, -0.2) is 41.9 Å². The Balaban J connectivity index is 1.75. The second kappa shape index (κ2) is 6.74. The lowest BCUT2D eigenvalue weighted by Crippen LogP contribution is -2.45. The predicted molar refractivity (Wildman–Crippen MR) is 79.5 cm³/mol. The van der Waals surface area contributed by atoms with Gasteiger partial charge in [0.25, 0.3) is 0 Å². The molecule has 2 aliphatic rings. The molecule has 118 valence electrons. The van der Waals surface area contributed by atoms with Gasteiger partial charge in [0.2, 0.25) is 0 Å². The van der Waals surface area contributed by atoms with E-state index in [9.17, 15) is 9.50 Å². The van der Waals surface area contributed by atoms with Crippen molar-refractivity contribution in [1.82, 2.24) is 4.90 Å². The lowest BCUT2D eigenvalue weighted by atomic mass is 9.89. The summed E-state index contributed by atoms with van der Waals surface area (Å²) in [7, 11) is 0. The van der Waals surface area contributed by atoms with E-state index >= 15 is 0 Å². The SMILES string of the molecule is N#Cc1ccc(F)c(CN2CCC[C@@H]2[C@@H]2COCC[C@@H]2O)c1. The zero-order valence-electron chi connectivity index (χ0n) is 12.5. The molecule has 1 aromatic rings. The highest BCUT2D eigenvalue weighted by Crippen LogP contribution is 2.31. The standard InChI is InChI=1S/C17H21FN2O2/c18-15-4-3-12(9-19)8-13(15)10-20-6-1-2-16(20)14-11-22-7-5-17(14)21/h3-4,8,14,16-17,21H,1-2,5-7,10-11H2/t14-,16+,17-/m0/s1. The van der Waals surface area contributed by atoms with E-state index in [1.165, 1.54) is 12.1 Å². The Kier molecular flexibility index (Phi) is 4.72. The molecule has 2 heterocycles. The van der Waals surface area contributed by atoms with Crippen LogP contribution in [0.3, 0.4) is 0 Å². The molecule has 1 N–H and O–H groups in total. The first-order valence-electron chi connectivity index (χ1n) is 7.87. The van der Waals surface area contributed by atoms with Crippen molar-refractivity contribution in [3.05, 3.63) is 35.1 Å². The van der Waals surface area contributed by atoms with Gasteiger partial charge in [0, 0.05) is 30.7 Å². The summed E-state index contributed by atoms with van der Waals surface area (Å²) < 4.78 is 19.5. The van der Waals surface area contributed by atoms with Crippen LogP contribution >= 0.6 is 0 Å². The van der Waals surface area contributed by atoms with E-state index in [1.807, 2.05) is 0 Å². The van der Waals surface area contributed by atoms with Gasteiger partial charge >= 0.3 is 0 Å². The second-order valence-electron chi connectivity index (χ2n) is 6.19. The van der Waals surface area contributed by atoms with Crippen molar-refractivity contribution in [2.45, 2.75) is 38.0 Å². The lowest BCUT2D eigenvalue weighted by molar-refractivity contribution is -0.0636. The summed E-state index contributed by atoms with van der Waals surface area (Å²) in [6.07, 6.45) is 2.39. The van der Waals surface area contributed by atoms with Crippen LogP contribution in [0, 0.1) is 23.1 Å². The number of aliphatic hydroxyl groups is 1.